The molecule has 5 nitrogen and oxygen atoms in total. The van der Waals surface area contributed by atoms with Crippen LogP contribution in [0, 0.1) is 11.2 Å². The van der Waals surface area contributed by atoms with Crippen LogP contribution >= 0.6 is 23.2 Å². The number of hydrogen-bond donors (Lipinski definition) is 4. The lowest BCUT2D eigenvalue weighted by atomic mass is 9.92. The van der Waals surface area contributed by atoms with Crippen molar-refractivity contribution in [3.05, 3.63) is 69.3 Å². The van der Waals surface area contributed by atoms with E-state index in [-0.39, 0.29) is 17.5 Å². The van der Waals surface area contributed by atoms with E-state index in [1.165, 1.54) is 18.3 Å². The fraction of sp³-hybridized carbons (Fsp3) is 0.200. The molecule has 0 spiro atoms. The van der Waals surface area contributed by atoms with Gasteiger partial charge in [0.05, 0.1) is 11.6 Å². The molecule has 0 fully saturated rings. The molecule has 8 heteroatoms. The zero-order valence-corrected chi connectivity index (χ0v) is 16.6. The van der Waals surface area contributed by atoms with Crippen molar-refractivity contribution in [3.8, 4) is 0 Å². The van der Waals surface area contributed by atoms with Crippen LogP contribution in [0.1, 0.15) is 29.5 Å². The molecular formula is C20H19Cl2FN4O. The normalized spacial score (nSPS) is 13.0. The summed E-state index contributed by atoms with van der Waals surface area (Å²) in [6.45, 7) is 2.28. The van der Waals surface area contributed by atoms with Gasteiger partial charge in [0.1, 0.15) is 11.5 Å². The fourth-order valence-corrected chi connectivity index (χ4v) is 3.79. The summed E-state index contributed by atoms with van der Waals surface area (Å²) in [6.07, 6.45) is 6.33. The van der Waals surface area contributed by atoms with E-state index in [0.717, 1.165) is 16.5 Å². The molecule has 1 aromatic carbocycles. The van der Waals surface area contributed by atoms with Gasteiger partial charge < -0.3 is 20.8 Å². The molecule has 0 radical (unpaired) electrons. The summed E-state index contributed by atoms with van der Waals surface area (Å²) in [5.74, 6) is -0.794. The molecule has 0 amide bonds. The van der Waals surface area contributed by atoms with Crippen LogP contribution < -0.4 is 5.32 Å². The van der Waals surface area contributed by atoms with Crippen molar-refractivity contribution < 1.29 is 9.50 Å². The van der Waals surface area contributed by atoms with E-state index in [1.807, 2.05) is 19.2 Å². The second kappa shape index (κ2) is 8.73. The molecule has 0 saturated carbocycles. The average Bonchev–Trinajstić information content (AvgIpc) is 3.11. The van der Waals surface area contributed by atoms with Gasteiger partial charge in [-0.05, 0) is 29.3 Å². The summed E-state index contributed by atoms with van der Waals surface area (Å²) in [5, 5.41) is 20.7. The first kappa shape index (κ1) is 20.3. The minimum absolute atomic E-state index is 0.00624. The number of benzene rings is 1. The number of aliphatic hydroxyl groups is 1. The highest BCUT2D eigenvalue weighted by molar-refractivity contribution is 6.36. The van der Waals surface area contributed by atoms with Gasteiger partial charge in [0.15, 0.2) is 0 Å². The van der Waals surface area contributed by atoms with E-state index in [1.54, 1.807) is 12.4 Å². The summed E-state index contributed by atoms with van der Waals surface area (Å²) in [7, 11) is 0. The third kappa shape index (κ3) is 3.90. The quantitative estimate of drug-likeness (QED) is 0.253. The number of allylic oxidation sites excluding steroid dienone is 1. The number of aromatic nitrogens is 2. The smallest absolute Gasteiger partial charge is 0.142 e. The lowest BCUT2D eigenvalue weighted by molar-refractivity contribution is 0.298. The highest BCUT2D eigenvalue weighted by Crippen LogP contribution is 2.39. The number of H-pyrrole nitrogens is 1. The Morgan fingerprint density at radius 3 is 2.93 bits per heavy atom. The number of aromatic amines is 1. The number of hydrogen-bond acceptors (Lipinski definition) is 4. The van der Waals surface area contributed by atoms with Crippen LogP contribution in [-0.2, 0) is 0 Å². The maximum absolute atomic E-state index is 14.0. The van der Waals surface area contributed by atoms with E-state index in [2.05, 4.69) is 15.3 Å². The second-order valence-corrected chi connectivity index (χ2v) is 7.05. The van der Waals surface area contributed by atoms with Gasteiger partial charge >= 0.3 is 0 Å². The molecule has 146 valence electrons. The van der Waals surface area contributed by atoms with E-state index in [4.69, 9.17) is 33.7 Å². The number of rotatable bonds is 7. The molecule has 2 heterocycles. The molecule has 0 aliphatic rings. The maximum Gasteiger partial charge on any atom is 0.142 e. The van der Waals surface area contributed by atoms with Crippen LogP contribution in [0.5, 0.6) is 0 Å². The zero-order chi connectivity index (χ0) is 20.3. The van der Waals surface area contributed by atoms with Crippen LogP contribution in [0.3, 0.4) is 0 Å². The van der Waals surface area contributed by atoms with Crippen LogP contribution in [0.15, 0.2) is 36.8 Å². The van der Waals surface area contributed by atoms with Crippen LogP contribution in [0.4, 0.5) is 4.39 Å². The van der Waals surface area contributed by atoms with Crippen molar-refractivity contribution in [2.24, 2.45) is 0 Å². The molecule has 0 bridgehead atoms. The molecule has 0 aliphatic carbocycles. The Labute approximate surface area is 171 Å². The lowest BCUT2D eigenvalue weighted by Gasteiger charge is -2.16. The third-order valence-corrected chi connectivity index (χ3v) is 5.26. The molecule has 3 aromatic rings. The molecule has 28 heavy (non-hydrogen) atoms. The number of fused-ring (bicyclic) bond motifs is 1. The van der Waals surface area contributed by atoms with Crippen molar-refractivity contribution in [3.63, 3.8) is 0 Å². The van der Waals surface area contributed by atoms with E-state index in [0.29, 0.717) is 28.4 Å². The van der Waals surface area contributed by atoms with Crippen molar-refractivity contribution in [2.75, 3.05) is 13.2 Å². The molecule has 0 aliphatic heterocycles. The van der Waals surface area contributed by atoms with Gasteiger partial charge in [0.25, 0.3) is 0 Å². The molecule has 1 unspecified atom stereocenters. The molecule has 2 aromatic heterocycles. The van der Waals surface area contributed by atoms with Crippen LogP contribution in [0.2, 0.25) is 10.0 Å². The van der Waals surface area contributed by atoms with Gasteiger partial charge in [-0.1, -0.05) is 30.1 Å². The standard InChI is InChI=1S/C20H19Cl2FN4O/c1-11(18-16(21)2-3-17(23)19(18)22)15-10-27-20-14(15)6-12(9-26-20)13(7-24)8-25-4-5-28/h2-3,6-11,24-25,28H,4-5H2,1H3,(H,26,27)/b13-8+,24-7?. The summed E-state index contributed by atoms with van der Waals surface area (Å²) in [5.41, 5.74) is 3.40. The topological polar surface area (TPSA) is 84.8 Å². The predicted molar refractivity (Wildman–Crippen MR) is 112 cm³/mol. The highest BCUT2D eigenvalue weighted by atomic mass is 35.5. The number of halogens is 3. The first-order valence-electron chi connectivity index (χ1n) is 8.63. The summed E-state index contributed by atoms with van der Waals surface area (Å²) in [6, 6.07) is 4.65. The number of nitrogens with one attached hydrogen (secondary N) is 3. The first-order valence-corrected chi connectivity index (χ1v) is 9.39. The minimum atomic E-state index is -0.518. The van der Waals surface area contributed by atoms with Crippen LogP contribution in [-0.4, -0.2) is 34.4 Å². The Balaban J connectivity index is 2.07. The Kier molecular flexibility index (Phi) is 6.34. The van der Waals surface area contributed by atoms with Gasteiger partial charge in [-0.25, -0.2) is 9.37 Å². The van der Waals surface area contributed by atoms with Crippen molar-refractivity contribution in [1.82, 2.24) is 15.3 Å². The van der Waals surface area contributed by atoms with Gasteiger partial charge in [0.2, 0.25) is 0 Å². The summed E-state index contributed by atoms with van der Waals surface area (Å²) < 4.78 is 14.0. The first-order chi connectivity index (χ1) is 13.5. The Morgan fingerprint density at radius 2 is 2.21 bits per heavy atom. The molecule has 0 saturated heterocycles. The number of nitrogens with zero attached hydrogens (tertiary/aromatic N) is 1. The highest BCUT2D eigenvalue weighted by Gasteiger charge is 2.21. The average molecular weight is 421 g/mol. The van der Waals surface area contributed by atoms with Gasteiger partial charge in [-0.15, -0.1) is 0 Å². The van der Waals surface area contributed by atoms with E-state index in [9.17, 15) is 4.39 Å². The molecule has 4 N–H and O–H groups in total. The Bertz CT molecular complexity index is 1050. The molecule has 1 atom stereocenters. The minimum Gasteiger partial charge on any atom is -0.395 e. The van der Waals surface area contributed by atoms with Crippen molar-refractivity contribution in [1.29, 1.82) is 5.41 Å². The maximum atomic E-state index is 14.0. The fourth-order valence-electron chi connectivity index (χ4n) is 3.09. The van der Waals surface area contributed by atoms with E-state index < -0.39 is 5.82 Å². The van der Waals surface area contributed by atoms with Gasteiger partial charge in [-0.2, -0.15) is 0 Å². The monoisotopic (exact) mass is 420 g/mol. The van der Waals surface area contributed by atoms with Crippen molar-refractivity contribution >= 4 is 46.0 Å². The van der Waals surface area contributed by atoms with Gasteiger partial charge in [-0.3, -0.25) is 0 Å². The molecular weight excluding hydrogens is 402 g/mol. The Hall–Kier alpha value is -2.41. The zero-order valence-electron chi connectivity index (χ0n) is 15.1. The van der Waals surface area contributed by atoms with Crippen LogP contribution in [0.25, 0.3) is 16.6 Å². The summed E-state index contributed by atoms with van der Waals surface area (Å²) >= 11 is 12.5. The second-order valence-electron chi connectivity index (χ2n) is 6.26. The predicted octanol–water partition coefficient (Wildman–Crippen LogP) is 4.73. The number of pyridine rings is 1. The van der Waals surface area contributed by atoms with Gasteiger partial charge in [0, 0.05) is 58.8 Å². The largest absolute Gasteiger partial charge is 0.395 e. The lowest BCUT2D eigenvalue weighted by Crippen LogP contribution is -2.11. The Morgan fingerprint density at radius 1 is 1.43 bits per heavy atom. The SMILES string of the molecule is CC(c1c(Cl)ccc(F)c1Cl)c1c[nH]c2ncc(/C(C=N)=C/NCCO)cc12. The van der Waals surface area contributed by atoms with E-state index >= 15 is 0 Å². The number of aliphatic hydroxyl groups excluding tert-OH is 1. The summed E-state index contributed by atoms with van der Waals surface area (Å²) in [4.78, 5) is 7.53. The molecule has 3 rings (SSSR count). The third-order valence-electron chi connectivity index (χ3n) is 4.54. The van der Waals surface area contributed by atoms with Crippen molar-refractivity contribution in [2.45, 2.75) is 12.8 Å².